The summed E-state index contributed by atoms with van der Waals surface area (Å²) in [6.07, 6.45) is 12.8. The molecule has 0 aromatic rings. The van der Waals surface area contributed by atoms with E-state index in [1.165, 1.54) is 52.1 Å². The number of aliphatic carboxylic acids is 1. The zero-order valence-electron chi connectivity index (χ0n) is 16.3. The van der Waals surface area contributed by atoms with Crippen LogP contribution >= 0.6 is 0 Å². The SMILES string of the molecule is CCCCCCCCC(=O)C(=O)OC.O=C(O)C(=O)CCC1CCCC1. The van der Waals surface area contributed by atoms with E-state index >= 15 is 0 Å². The van der Waals surface area contributed by atoms with Gasteiger partial charge in [-0.2, -0.15) is 0 Å². The fourth-order valence-electron chi connectivity index (χ4n) is 3.02. The smallest absolute Gasteiger partial charge is 0.374 e. The van der Waals surface area contributed by atoms with Crippen molar-refractivity contribution in [3.8, 4) is 0 Å². The molecular formula is C20H34O6. The van der Waals surface area contributed by atoms with Crippen LogP contribution < -0.4 is 0 Å². The van der Waals surface area contributed by atoms with Crippen molar-refractivity contribution in [2.75, 3.05) is 7.11 Å². The number of hydrogen-bond acceptors (Lipinski definition) is 5. The Hall–Kier alpha value is -1.72. The van der Waals surface area contributed by atoms with Crippen molar-refractivity contribution in [2.45, 2.75) is 90.4 Å². The van der Waals surface area contributed by atoms with E-state index in [1.54, 1.807) is 0 Å². The zero-order valence-corrected chi connectivity index (χ0v) is 16.3. The van der Waals surface area contributed by atoms with Gasteiger partial charge in [0, 0.05) is 12.8 Å². The first-order valence-corrected chi connectivity index (χ1v) is 9.79. The minimum absolute atomic E-state index is 0.222. The van der Waals surface area contributed by atoms with Crippen molar-refractivity contribution >= 4 is 23.5 Å². The average molecular weight is 370 g/mol. The minimum atomic E-state index is -1.28. The lowest BCUT2D eigenvalue weighted by molar-refractivity contribution is -0.151. The number of esters is 1. The molecule has 0 atom stereocenters. The first-order valence-electron chi connectivity index (χ1n) is 9.79. The molecule has 150 valence electrons. The summed E-state index contributed by atoms with van der Waals surface area (Å²) in [4.78, 5) is 42.5. The van der Waals surface area contributed by atoms with Crippen LogP contribution in [-0.4, -0.2) is 35.7 Å². The summed E-state index contributed by atoms with van der Waals surface area (Å²) < 4.78 is 4.32. The van der Waals surface area contributed by atoms with Gasteiger partial charge in [-0.05, 0) is 18.8 Å². The molecule has 1 rings (SSSR count). The summed E-state index contributed by atoms with van der Waals surface area (Å²) in [7, 11) is 1.24. The van der Waals surface area contributed by atoms with E-state index in [9.17, 15) is 19.2 Å². The number of ketones is 2. The maximum absolute atomic E-state index is 11.0. The summed E-state index contributed by atoms with van der Waals surface area (Å²) >= 11 is 0. The van der Waals surface area contributed by atoms with E-state index in [2.05, 4.69) is 11.7 Å². The summed E-state index contributed by atoms with van der Waals surface area (Å²) in [5, 5.41) is 8.31. The highest BCUT2D eigenvalue weighted by Gasteiger charge is 2.18. The Morgan fingerprint density at radius 1 is 0.885 bits per heavy atom. The maximum Gasteiger partial charge on any atom is 0.374 e. The molecular weight excluding hydrogens is 336 g/mol. The van der Waals surface area contributed by atoms with Crippen molar-refractivity contribution in [1.29, 1.82) is 0 Å². The van der Waals surface area contributed by atoms with E-state index in [0.717, 1.165) is 25.7 Å². The number of methoxy groups -OCH3 is 1. The monoisotopic (exact) mass is 370 g/mol. The van der Waals surface area contributed by atoms with Gasteiger partial charge in [0.25, 0.3) is 0 Å². The molecule has 26 heavy (non-hydrogen) atoms. The number of hydrogen-bond donors (Lipinski definition) is 1. The number of rotatable bonds is 12. The van der Waals surface area contributed by atoms with Gasteiger partial charge in [-0.15, -0.1) is 0 Å². The fourth-order valence-corrected chi connectivity index (χ4v) is 3.02. The standard InChI is InChI=1S/C11H20O3.C9H14O3/c1-3-4-5-6-7-8-9-10(12)11(13)14-2;10-8(9(11)12)6-5-7-3-1-2-4-7/h3-9H2,1-2H3;7H,1-6H2,(H,11,12). The van der Waals surface area contributed by atoms with Crippen LogP contribution in [-0.2, 0) is 23.9 Å². The van der Waals surface area contributed by atoms with E-state index in [1.807, 2.05) is 0 Å². The van der Waals surface area contributed by atoms with Crippen LogP contribution in [0.25, 0.3) is 0 Å². The normalized spacial score (nSPS) is 13.6. The van der Waals surface area contributed by atoms with Gasteiger partial charge in [0.2, 0.25) is 11.6 Å². The number of Topliss-reactive ketones (excluding diaryl/α,β-unsaturated/α-hetero) is 2. The third-order valence-electron chi connectivity index (χ3n) is 4.66. The lowest BCUT2D eigenvalue weighted by Gasteiger charge is -2.05. The summed E-state index contributed by atoms with van der Waals surface area (Å²) in [5.41, 5.74) is 0. The van der Waals surface area contributed by atoms with Crippen molar-refractivity contribution in [3.63, 3.8) is 0 Å². The second-order valence-electron chi connectivity index (χ2n) is 6.85. The molecule has 0 aromatic heterocycles. The van der Waals surface area contributed by atoms with Gasteiger partial charge in [0.15, 0.2) is 0 Å². The lowest BCUT2D eigenvalue weighted by Crippen LogP contribution is -2.14. The van der Waals surface area contributed by atoms with Gasteiger partial charge in [-0.1, -0.05) is 64.7 Å². The molecule has 6 nitrogen and oxygen atoms in total. The third kappa shape index (κ3) is 12.6. The lowest BCUT2D eigenvalue weighted by atomic mass is 10.0. The van der Waals surface area contributed by atoms with Crippen LogP contribution in [0.4, 0.5) is 0 Å². The summed E-state index contributed by atoms with van der Waals surface area (Å²) in [5.74, 6) is -2.43. The number of ether oxygens (including phenoxy) is 1. The van der Waals surface area contributed by atoms with Gasteiger partial charge in [0.05, 0.1) is 7.11 Å². The molecule has 6 heteroatoms. The van der Waals surface area contributed by atoms with Crippen LogP contribution in [0.15, 0.2) is 0 Å². The zero-order chi connectivity index (χ0) is 19.8. The van der Waals surface area contributed by atoms with Crippen molar-refractivity contribution in [1.82, 2.24) is 0 Å². The van der Waals surface area contributed by atoms with Crippen LogP contribution in [0.2, 0.25) is 0 Å². The highest BCUT2D eigenvalue weighted by atomic mass is 16.5. The second kappa shape index (κ2) is 15.5. The summed E-state index contributed by atoms with van der Waals surface area (Å²) in [6, 6.07) is 0. The Bertz CT molecular complexity index is 438. The molecule has 1 aliphatic rings. The van der Waals surface area contributed by atoms with Gasteiger partial charge in [-0.25, -0.2) is 9.59 Å². The van der Waals surface area contributed by atoms with Gasteiger partial charge in [0.1, 0.15) is 0 Å². The molecule has 1 saturated carbocycles. The van der Waals surface area contributed by atoms with Crippen LogP contribution in [0.1, 0.15) is 90.4 Å². The van der Waals surface area contributed by atoms with Crippen molar-refractivity contribution in [2.24, 2.45) is 5.92 Å². The Kier molecular flexibility index (Phi) is 14.5. The molecule has 0 heterocycles. The Labute approximate surface area is 156 Å². The first kappa shape index (κ1) is 24.3. The first-order chi connectivity index (χ1) is 12.4. The predicted octanol–water partition coefficient (Wildman–Crippen LogP) is 4.09. The van der Waals surface area contributed by atoms with E-state index in [0.29, 0.717) is 12.3 Å². The van der Waals surface area contributed by atoms with Gasteiger partial charge in [-0.3, -0.25) is 9.59 Å². The molecule has 0 aliphatic heterocycles. The van der Waals surface area contributed by atoms with Crippen LogP contribution in [0.3, 0.4) is 0 Å². The molecule has 0 bridgehead atoms. The van der Waals surface area contributed by atoms with E-state index in [-0.39, 0.29) is 6.42 Å². The van der Waals surface area contributed by atoms with Gasteiger partial charge < -0.3 is 9.84 Å². The Morgan fingerprint density at radius 3 is 2.00 bits per heavy atom. The molecule has 0 aromatic carbocycles. The predicted molar refractivity (Wildman–Crippen MR) is 98.9 cm³/mol. The number of carbonyl (C=O) groups is 4. The largest absolute Gasteiger partial charge is 0.476 e. The Morgan fingerprint density at radius 2 is 1.46 bits per heavy atom. The number of unbranched alkanes of at least 4 members (excludes halogenated alkanes) is 5. The third-order valence-corrected chi connectivity index (χ3v) is 4.66. The molecule has 1 aliphatic carbocycles. The molecule has 0 saturated heterocycles. The molecule has 1 N–H and O–H groups in total. The van der Waals surface area contributed by atoms with Crippen LogP contribution in [0, 0.1) is 5.92 Å². The Balaban J connectivity index is 0.000000485. The van der Waals surface area contributed by atoms with Crippen molar-refractivity contribution in [3.05, 3.63) is 0 Å². The molecule has 0 amide bonds. The molecule has 1 fully saturated rings. The quantitative estimate of drug-likeness (QED) is 0.316. The maximum atomic E-state index is 11.0. The summed E-state index contributed by atoms with van der Waals surface area (Å²) in [6.45, 7) is 2.17. The topological polar surface area (TPSA) is 97.7 Å². The molecule has 0 radical (unpaired) electrons. The highest BCUT2D eigenvalue weighted by Crippen LogP contribution is 2.28. The fraction of sp³-hybridized carbons (Fsp3) is 0.800. The highest BCUT2D eigenvalue weighted by molar-refractivity contribution is 6.33. The molecule has 0 spiro atoms. The number of carboxylic acid groups (broad SMARTS) is 1. The number of carbonyl (C=O) groups excluding carboxylic acids is 3. The number of carboxylic acids is 1. The van der Waals surface area contributed by atoms with Crippen molar-refractivity contribution < 1.29 is 29.0 Å². The molecule has 0 unspecified atom stereocenters. The van der Waals surface area contributed by atoms with Crippen LogP contribution in [0.5, 0.6) is 0 Å². The second-order valence-corrected chi connectivity index (χ2v) is 6.85. The minimum Gasteiger partial charge on any atom is -0.476 e. The van der Waals surface area contributed by atoms with E-state index in [4.69, 9.17) is 5.11 Å². The van der Waals surface area contributed by atoms with Gasteiger partial charge >= 0.3 is 11.9 Å². The average Bonchev–Trinajstić information content (AvgIpc) is 3.15. The van der Waals surface area contributed by atoms with E-state index < -0.39 is 23.5 Å².